The van der Waals surface area contributed by atoms with Crippen LogP contribution in [-0.4, -0.2) is 28.8 Å². The van der Waals surface area contributed by atoms with E-state index in [-0.39, 0.29) is 12.2 Å². The molecule has 0 N–H and O–H groups in total. The zero-order valence-corrected chi connectivity index (χ0v) is 26.8. The standard InChI is InChI=1S/C30H26BrCl2N3O4S/c1-6-40-29(38)26-16(3)34-30-36(27(26)18-7-10-24(39-5)21(31)12-18)28(37)25(41-30)13-19-11-15(2)35(17(19)4)20-8-9-22(32)23(33)14-20/h7-14,27H,6H2,1-5H3/b25-13+/t27-/m1/s1. The van der Waals surface area contributed by atoms with Crippen molar-refractivity contribution < 1.29 is 14.3 Å². The number of hydrogen-bond donors (Lipinski definition) is 0. The Morgan fingerprint density at radius 2 is 1.88 bits per heavy atom. The fourth-order valence-corrected chi connectivity index (χ4v) is 6.94. The Balaban J connectivity index is 1.70. The zero-order chi connectivity index (χ0) is 29.6. The van der Waals surface area contributed by atoms with Crippen LogP contribution in [0.25, 0.3) is 11.8 Å². The minimum atomic E-state index is -0.724. The first kappa shape index (κ1) is 29.4. The lowest BCUT2D eigenvalue weighted by molar-refractivity contribution is -0.139. The van der Waals surface area contributed by atoms with Gasteiger partial charge in [0.2, 0.25) is 0 Å². The van der Waals surface area contributed by atoms with Crippen LogP contribution in [0.3, 0.4) is 0 Å². The minimum absolute atomic E-state index is 0.202. The first-order valence-electron chi connectivity index (χ1n) is 12.7. The summed E-state index contributed by atoms with van der Waals surface area (Å²) in [5.41, 5.74) is 4.96. The highest BCUT2D eigenvalue weighted by molar-refractivity contribution is 9.10. The van der Waals surface area contributed by atoms with Crippen LogP contribution in [0.15, 0.2) is 68.0 Å². The summed E-state index contributed by atoms with van der Waals surface area (Å²) in [7, 11) is 1.58. The molecule has 0 saturated heterocycles. The molecular formula is C30H26BrCl2N3O4S. The van der Waals surface area contributed by atoms with E-state index in [1.165, 1.54) is 11.3 Å². The van der Waals surface area contributed by atoms with Gasteiger partial charge in [0, 0.05) is 17.1 Å². The number of rotatable bonds is 6. The van der Waals surface area contributed by atoms with Crippen molar-refractivity contribution in [2.24, 2.45) is 4.99 Å². The number of allylic oxidation sites excluding steroid dienone is 1. The highest BCUT2D eigenvalue weighted by Crippen LogP contribution is 2.35. The molecule has 0 unspecified atom stereocenters. The van der Waals surface area contributed by atoms with Crippen molar-refractivity contribution in [1.29, 1.82) is 0 Å². The van der Waals surface area contributed by atoms with Crippen molar-refractivity contribution in [2.45, 2.75) is 33.7 Å². The smallest absolute Gasteiger partial charge is 0.338 e. The van der Waals surface area contributed by atoms with Crippen molar-refractivity contribution in [3.05, 3.63) is 110 Å². The van der Waals surface area contributed by atoms with Crippen LogP contribution in [-0.2, 0) is 9.53 Å². The molecule has 0 saturated carbocycles. The normalized spacial score (nSPS) is 15.1. The molecule has 1 aliphatic rings. The largest absolute Gasteiger partial charge is 0.496 e. The molecule has 212 valence electrons. The number of halogens is 3. The van der Waals surface area contributed by atoms with Gasteiger partial charge < -0.3 is 14.0 Å². The molecule has 1 atom stereocenters. The fourth-order valence-electron chi connectivity index (χ4n) is 5.06. The van der Waals surface area contributed by atoms with E-state index in [0.29, 0.717) is 40.9 Å². The summed E-state index contributed by atoms with van der Waals surface area (Å²) in [4.78, 5) is 32.4. The summed E-state index contributed by atoms with van der Waals surface area (Å²) in [6.07, 6.45) is 1.87. The van der Waals surface area contributed by atoms with Crippen molar-refractivity contribution in [2.75, 3.05) is 13.7 Å². The van der Waals surface area contributed by atoms with Gasteiger partial charge in [0.05, 0.1) is 50.1 Å². The zero-order valence-electron chi connectivity index (χ0n) is 22.9. The Morgan fingerprint density at radius 3 is 2.54 bits per heavy atom. The third-order valence-electron chi connectivity index (χ3n) is 6.93. The topological polar surface area (TPSA) is 74.8 Å². The third-order valence-corrected chi connectivity index (χ3v) is 9.27. The molecule has 0 fully saturated rings. The van der Waals surface area contributed by atoms with Gasteiger partial charge in [0.25, 0.3) is 5.56 Å². The number of esters is 1. The number of thiazole rings is 1. The second kappa shape index (κ2) is 11.6. The minimum Gasteiger partial charge on any atom is -0.496 e. The van der Waals surface area contributed by atoms with Gasteiger partial charge in [-0.25, -0.2) is 9.79 Å². The second-order valence-corrected chi connectivity index (χ2v) is 12.1. The number of ether oxygens (including phenoxy) is 2. The Morgan fingerprint density at radius 1 is 1.12 bits per heavy atom. The molecule has 2 aromatic carbocycles. The van der Waals surface area contributed by atoms with Gasteiger partial charge in [0.1, 0.15) is 5.75 Å². The van der Waals surface area contributed by atoms with Gasteiger partial charge >= 0.3 is 5.97 Å². The van der Waals surface area contributed by atoms with Gasteiger partial charge in [-0.2, -0.15) is 0 Å². The number of carbonyl (C=O) groups excluding carboxylic acids is 1. The van der Waals surface area contributed by atoms with Crippen molar-refractivity contribution >= 4 is 62.5 Å². The molecule has 0 aliphatic carbocycles. The van der Waals surface area contributed by atoms with E-state index in [9.17, 15) is 9.59 Å². The number of nitrogens with zero attached hydrogens (tertiary/aromatic N) is 3. The molecule has 0 spiro atoms. The number of benzene rings is 2. The Kier molecular flexibility index (Phi) is 8.34. The summed E-state index contributed by atoms with van der Waals surface area (Å²) in [5, 5.41) is 0.944. The summed E-state index contributed by atoms with van der Waals surface area (Å²) in [6, 6.07) is 12.3. The maximum absolute atomic E-state index is 14.0. The summed E-state index contributed by atoms with van der Waals surface area (Å²) >= 11 is 17.2. The highest BCUT2D eigenvalue weighted by Gasteiger charge is 2.33. The van der Waals surface area contributed by atoms with Crippen LogP contribution in [0, 0.1) is 13.8 Å². The molecule has 0 amide bonds. The molecule has 11 heteroatoms. The third kappa shape index (κ3) is 5.32. The lowest BCUT2D eigenvalue weighted by atomic mass is 9.96. The molecule has 41 heavy (non-hydrogen) atoms. The first-order valence-corrected chi connectivity index (χ1v) is 15.1. The number of fused-ring (bicyclic) bond motifs is 1. The van der Waals surface area contributed by atoms with Crippen LogP contribution >= 0.6 is 50.5 Å². The highest BCUT2D eigenvalue weighted by atomic mass is 79.9. The average Bonchev–Trinajstić information content (AvgIpc) is 3.38. The maximum Gasteiger partial charge on any atom is 0.338 e. The Labute approximate surface area is 259 Å². The van der Waals surface area contributed by atoms with Gasteiger partial charge in [-0.1, -0.05) is 40.6 Å². The molecule has 4 aromatic rings. The van der Waals surface area contributed by atoms with Crippen LogP contribution in [0.2, 0.25) is 10.0 Å². The predicted molar refractivity (Wildman–Crippen MR) is 166 cm³/mol. The van der Waals surface area contributed by atoms with E-state index < -0.39 is 12.0 Å². The van der Waals surface area contributed by atoms with Crippen LogP contribution in [0.4, 0.5) is 0 Å². The van der Waals surface area contributed by atoms with Gasteiger partial charge in [-0.05, 0) is 97.2 Å². The number of hydrogen-bond acceptors (Lipinski definition) is 6. The fraction of sp³-hybridized carbons (Fsp3) is 0.233. The van der Waals surface area contributed by atoms with E-state index in [2.05, 4.69) is 25.5 Å². The van der Waals surface area contributed by atoms with Gasteiger partial charge in [-0.15, -0.1) is 0 Å². The Hall–Kier alpha value is -3.11. The first-order chi connectivity index (χ1) is 19.5. The quantitative estimate of drug-likeness (QED) is 0.226. The molecule has 0 radical (unpaired) electrons. The predicted octanol–water partition coefficient (Wildman–Crippen LogP) is 6.28. The lowest BCUT2D eigenvalue weighted by Gasteiger charge is -2.25. The molecular weight excluding hydrogens is 649 g/mol. The average molecular weight is 675 g/mol. The van der Waals surface area contributed by atoms with E-state index in [1.54, 1.807) is 37.7 Å². The summed E-state index contributed by atoms with van der Waals surface area (Å²) in [5.74, 6) is 0.127. The molecule has 2 aromatic heterocycles. The monoisotopic (exact) mass is 673 g/mol. The molecule has 3 heterocycles. The maximum atomic E-state index is 14.0. The SMILES string of the molecule is CCOC(=O)C1=C(C)N=c2s/c(=C/c3cc(C)n(-c4ccc(Cl)c(Cl)c4)c3C)c(=O)n2[C@@H]1c1ccc(OC)c(Br)c1. The van der Waals surface area contributed by atoms with Crippen LogP contribution in [0.5, 0.6) is 5.75 Å². The Bertz CT molecular complexity index is 1920. The molecule has 7 nitrogen and oxygen atoms in total. The number of aromatic nitrogens is 2. The van der Waals surface area contributed by atoms with Gasteiger partial charge in [-0.3, -0.25) is 9.36 Å². The number of carbonyl (C=O) groups is 1. The number of aryl methyl sites for hydroxylation is 1. The summed E-state index contributed by atoms with van der Waals surface area (Å²) in [6.45, 7) is 7.69. The van der Waals surface area contributed by atoms with Crippen LogP contribution in [0.1, 0.15) is 42.4 Å². The lowest BCUT2D eigenvalue weighted by Crippen LogP contribution is -2.40. The van der Waals surface area contributed by atoms with Crippen molar-refractivity contribution in [1.82, 2.24) is 9.13 Å². The van der Waals surface area contributed by atoms with Crippen molar-refractivity contribution in [3.8, 4) is 11.4 Å². The number of methoxy groups -OCH3 is 1. The van der Waals surface area contributed by atoms with E-state index >= 15 is 0 Å². The molecule has 0 bridgehead atoms. The van der Waals surface area contributed by atoms with Crippen molar-refractivity contribution in [3.63, 3.8) is 0 Å². The van der Waals surface area contributed by atoms with Gasteiger partial charge in [0.15, 0.2) is 4.80 Å². The molecule has 5 rings (SSSR count). The molecule has 1 aliphatic heterocycles. The van der Waals surface area contributed by atoms with Crippen LogP contribution < -0.4 is 19.6 Å². The van der Waals surface area contributed by atoms with E-state index in [0.717, 1.165) is 28.2 Å². The van der Waals surface area contributed by atoms with E-state index in [4.69, 9.17) is 32.7 Å². The summed E-state index contributed by atoms with van der Waals surface area (Å²) < 4.78 is 15.6. The van der Waals surface area contributed by atoms with E-state index in [1.807, 2.05) is 50.3 Å². The second-order valence-electron chi connectivity index (χ2n) is 9.46.